The van der Waals surface area contributed by atoms with E-state index >= 15 is 0 Å². The van der Waals surface area contributed by atoms with Crippen LogP contribution in [0.3, 0.4) is 0 Å². The number of hydrogen-bond donors (Lipinski definition) is 2. The van der Waals surface area contributed by atoms with Crippen LogP contribution < -0.4 is 11.1 Å². The van der Waals surface area contributed by atoms with Gasteiger partial charge in [0.25, 0.3) is 0 Å². The number of anilines is 2. The van der Waals surface area contributed by atoms with E-state index in [0.717, 1.165) is 36.4 Å². The third-order valence-electron chi connectivity index (χ3n) is 4.47. The number of nitrogens with zero attached hydrogens (tertiary/aromatic N) is 3. The van der Waals surface area contributed by atoms with E-state index in [4.69, 9.17) is 5.73 Å². The highest BCUT2D eigenvalue weighted by atomic mass is 32.2. The highest BCUT2D eigenvalue weighted by Gasteiger charge is 2.24. The van der Waals surface area contributed by atoms with Crippen LogP contribution in [-0.4, -0.2) is 39.7 Å². The molecule has 0 aliphatic carbocycles. The van der Waals surface area contributed by atoms with E-state index in [2.05, 4.69) is 34.3 Å². The number of rotatable bonds is 5. The van der Waals surface area contributed by atoms with Crippen LogP contribution in [0.25, 0.3) is 0 Å². The Bertz CT molecular complexity index is 729. The summed E-state index contributed by atoms with van der Waals surface area (Å²) in [6.07, 6.45) is 4.62. The van der Waals surface area contributed by atoms with E-state index < -0.39 is 0 Å². The number of aromatic nitrogens is 2. The topological polar surface area (TPSA) is 84.1 Å². The summed E-state index contributed by atoms with van der Waals surface area (Å²) >= 11 is 1.83. The van der Waals surface area contributed by atoms with Crippen LogP contribution in [0.5, 0.6) is 0 Å². The number of thioether (sulfide) groups is 1. The van der Waals surface area contributed by atoms with E-state index in [9.17, 15) is 4.79 Å². The molecule has 7 heteroatoms. The van der Waals surface area contributed by atoms with Gasteiger partial charge in [0.1, 0.15) is 0 Å². The lowest BCUT2D eigenvalue weighted by molar-refractivity contribution is 0.194. The number of urea groups is 1. The maximum absolute atomic E-state index is 12.5. The molecule has 138 valence electrons. The van der Waals surface area contributed by atoms with Gasteiger partial charge in [-0.15, -0.1) is 11.8 Å². The first kappa shape index (κ1) is 18.5. The van der Waals surface area contributed by atoms with Crippen LogP contribution in [0.15, 0.2) is 41.4 Å². The summed E-state index contributed by atoms with van der Waals surface area (Å²) in [6.45, 7) is 3.60. The van der Waals surface area contributed by atoms with E-state index in [1.165, 1.54) is 4.90 Å². The molecule has 0 unspecified atom stereocenters. The number of amides is 2. The predicted molar refractivity (Wildman–Crippen MR) is 106 cm³/mol. The highest BCUT2D eigenvalue weighted by molar-refractivity contribution is 7.99. The average Bonchev–Trinajstić information content (AvgIpc) is 2.67. The van der Waals surface area contributed by atoms with E-state index in [1.807, 2.05) is 34.9 Å². The van der Waals surface area contributed by atoms with Crippen molar-refractivity contribution in [1.29, 1.82) is 0 Å². The van der Waals surface area contributed by atoms with Crippen molar-refractivity contribution >= 4 is 29.4 Å². The molecule has 3 N–H and O–H groups in total. The monoisotopic (exact) mass is 371 g/mol. The lowest BCUT2D eigenvalue weighted by Gasteiger charge is -2.31. The van der Waals surface area contributed by atoms with Crippen molar-refractivity contribution in [3.8, 4) is 0 Å². The first-order valence-corrected chi connectivity index (χ1v) is 10.0. The minimum atomic E-state index is -0.0420. The Balaban J connectivity index is 1.50. The summed E-state index contributed by atoms with van der Waals surface area (Å²) in [6, 6.07) is 9.91. The van der Waals surface area contributed by atoms with Crippen molar-refractivity contribution in [2.24, 2.45) is 0 Å². The fraction of sp³-hybridized carbons (Fsp3) is 0.421. The van der Waals surface area contributed by atoms with Crippen molar-refractivity contribution in [2.45, 2.75) is 37.0 Å². The summed E-state index contributed by atoms with van der Waals surface area (Å²) < 4.78 is 0. The van der Waals surface area contributed by atoms with Gasteiger partial charge >= 0.3 is 6.03 Å². The van der Waals surface area contributed by atoms with Crippen LogP contribution >= 0.6 is 11.8 Å². The zero-order valence-corrected chi connectivity index (χ0v) is 15.8. The van der Waals surface area contributed by atoms with Gasteiger partial charge in [0.15, 0.2) is 0 Å². The Morgan fingerprint density at radius 1 is 1.27 bits per heavy atom. The van der Waals surface area contributed by atoms with Gasteiger partial charge in [0.2, 0.25) is 5.95 Å². The molecule has 1 fully saturated rings. The zero-order chi connectivity index (χ0) is 18.4. The Hall–Kier alpha value is -2.28. The van der Waals surface area contributed by atoms with Crippen LogP contribution in [0.1, 0.15) is 37.8 Å². The molecule has 1 aromatic heterocycles. The van der Waals surface area contributed by atoms with Gasteiger partial charge in [0.05, 0.1) is 0 Å². The number of piperidine rings is 1. The summed E-state index contributed by atoms with van der Waals surface area (Å²) in [4.78, 5) is 23.8. The molecule has 2 heterocycles. The quantitative estimate of drug-likeness (QED) is 0.777. The van der Waals surface area contributed by atoms with Gasteiger partial charge in [0, 0.05) is 41.5 Å². The first-order valence-electron chi connectivity index (χ1n) is 9.03. The minimum Gasteiger partial charge on any atom is -0.368 e. The third-order valence-corrected chi connectivity index (χ3v) is 5.69. The summed E-state index contributed by atoms with van der Waals surface area (Å²) in [5.74, 6) is 1.75. The number of nitrogens with two attached hydrogens (primary N) is 1. The number of benzene rings is 1. The molecule has 26 heavy (non-hydrogen) atoms. The number of carbonyl (C=O) groups is 1. The van der Waals surface area contributed by atoms with Crippen LogP contribution in [0.4, 0.5) is 16.4 Å². The zero-order valence-electron chi connectivity index (χ0n) is 15.0. The summed E-state index contributed by atoms with van der Waals surface area (Å²) in [7, 11) is 0. The molecule has 1 aliphatic heterocycles. The second-order valence-corrected chi connectivity index (χ2v) is 7.57. The predicted octanol–water partition coefficient (Wildman–Crippen LogP) is 3.97. The lowest BCUT2D eigenvalue weighted by Crippen LogP contribution is -2.40. The first-order chi connectivity index (χ1) is 12.7. The van der Waals surface area contributed by atoms with Crippen LogP contribution in [0, 0.1) is 0 Å². The van der Waals surface area contributed by atoms with Crippen molar-refractivity contribution in [3.05, 3.63) is 42.2 Å². The number of carbonyl (C=O) groups excluding carboxylic acids is 1. The molecule has 0 saturated carbocycles. The Kier molecular flexibility index (Phi) is 6.33. The van der Waals surface area contributed by atoms with Crippen molar-refractivity contribution < 1.29 is 4.79 Å². The molecular formula is C19H25N5OS. The van der Waals surface area contributed by atoms with E-state index in [0.29, 0.717) is 25.0 Å². The molecule has 1 saturated heterocycles. The molecule has 2 amide bonds. The van der Waals surface area contributed by atoms with Crippen LogP contribution in [0.2, 0.25) is 0 Å². The summed E-state index contributed by atoms with van der Waals surface area (Å²) in [5, 5.41) is 2.99. The van der Waals surface area contributed by atoms with Gasteiger partial charge in [-0.1, -0.05) is 6.92 Å². The molecule has 1 aliphatic rings. The molecule has 1 aromatic carbocycles. The van der Waals surface area contributed by atoms with Gasteiger partial charge in [-0.2, -0.15) is 0 Å². The summed E-state index contributed by atoms with van der Waals surface area (Å²) in [5.41, 5.74) is 7.47. The SMILES string of the molecule is CCCSc1ccc(NC(=O)N2CCC(c3ccnc(N)n3)CC2)cc1. The van der Waals surface area contributed by atoms with Gasteiger partial charge in [-0.3, -0.25) is 0 Å². The second kappa shape index (κ2) is 8.89. The van der Waals surface area contributed by atoms with E-state index in [-0.39, 0.29) is 6.03 Å². The molecule has 0 atom stereocenters. The minimum absolute atomic E-state index is 0.0420. The highest BCUT2D eigenvalue weighted by Crippen LogP contribution is 2.27. The maximum atomic E-state index is 12.5. The van der Waals surface area contributed by atoms with Crippen molar-refractivity contribution in [1.82, 2.24) is 14.9 Å². The molecule has 0 spiro atoms. The normalized spacial score (nSPS) is 15.0. The Morgan fingerprint density at radius 3 is 2.65 bits per heavy atom. The molecule has 0 bridgehead atoms. The Morgan fingerprint density at radius 2 is 2.00 bits per heavy atom. The number of nitrogen functional groups attached to an aromatic ring is 1. The third kappa shape index (κ3) is 4.88. The van der Waals surface area contributed by atoms with Gasteiger partial charge in [-0.05, 0) is 55.3 Å². The lowest BCUT2D eigenvalue weighted by atomic mass is 9.93. The molecule has 2 aromatic rings. The Labute approximate surface area is 158 Å². The smallest absolute Gasteiger partial charge is 0.321 e. The largest absolute Gasteiger partial charge is 0.368 e. The van der Waals surface area contributed by atoms with Gasteiger partial charge < -0.3 is 16.0 Å². The molecule has 3 rings (SSSR count). The molecular weight excluding hydrogens is 346 g/mol. The fourth-order valence-corrected chi connectivity index (χ4v) is 3.82. The number of hydrogen-bond acceptors (Lipinski definition) is 5. The van der Waals surface area contributed by atoms with Crippen molar-refractivity contribution in [2.75, 3.05) is 29.9 Å². The fourth-order valence-electron chi connectivity index (χ4n) is 3.05. The van der Waals surface area contributed by atoms with E-state index in [1.54, 1.807) is 6.20 Å². The maximum Gasteiger partial charge on any atom is 0.321 e. The second-order valence-electron chi connectivity index (χ2n) is 6.40. The number of likely N-dealkylation sites (tertiary alicyclic amines) is 1. The van der Waals surface area contributed by atoms with Crippen LogP contribution in [-0.2, 0) is 0 Å². The standard InChI is InChI=1S/C19H25N5OS/c1-2-13-26-16-5-3-15(4-6-16)22-19(25)24-11-8-14(9-12-24)17-7-10-21-18(20)23-17/h3-7,10,14H,2,8-9,11-13H2,1H3,(H,22,25)(H2,20,21,23). The molecule has 0 radical (unpaired) electrons. The number of nitrogens with one attached hydrogen (secondary N) is 1. The molecule has 6 nitrogen and oxygen atoms in total. The van der Waals surface area contributed by atoms with Gasteiger partial charge in [-0.25, -0.2) is 14.8 Å². The van der Waals surface area contributed by atoms with Crippen molar-refractivity contribution in [3.63, 3.8) is 0 Å². The average molecular weight is 372 g/mol.